The third-order valence-corrected chi connectivity index (χ3v) is 3.92. The largest absolute Gasteiger partial charge is 0.464 e. The highest BCUT2D eigenvalue weighted by molar-refractivity contribution is 9.10. The number of nitrogens with zero attached hydrogens (tertiary/aromatic N) is 1. The minimum Gasteiger partial charge on any atom is -0.464 e. The molecule has 0 saturated carbocycles. The van der Waals surface area contributed by atoms with Crippen molar-refractivity contribution >= 4 is 43.8 Å². The maximum absolute atomic E-state index is 5.82. The zero-order valence-electron chi connectivity index (χ0n) is 9.51. The number of halogens is 1. The van der Waals surface area contributed by atoms with Crippen LogP contribution in [0.2, 0.25) is 0 Å². The number of fused-ring (bicyclic) bond motifs is 2. The van der Waals surface area contributed by atoms with Gasteiger partial charge in [-0.2, -0.15) is 0 Å². The summed E-state index contributed by atoms with van der Waals surface area (Å²) >= 11 is 3.53. The number of nitrogens with two attached hydrogens (primary N) is 1. The average molecular weight is 319 g/mol. The van der Waals surface area contributed by atoms with Crippen molar-refractivity contribution in [1.82, 2.24) is 5.16 Å². The van der Waals surface area contributed by atoms with Crippen LogP contribution in [-0.4, -0.2) is 5.16 Å². The maximum Gasteiger partial charge on any atom is 0.230 e. The number of rotatable bonds is 1. The SMILES string of the molecule is Nc1oncc1-c1c2ccoc2c(Br)c2ccoc12. The van der Waals surface area contributed by atoms with Crippen molar-refractivity contribution in [3.8, 4) is 11.1 Å². The topological polar surface area (TPSA) is 78.3 Å². The molecule has 4 aromatic rings. The first-order chi connectivity index (χ1) is 9.27. The zero-order valence-corrected chi connectivity index (χ0v) is 11.1. The number of hydrogen-bond donors (Lipinski definition) is 1. The predicted octanol–water partition coefficient (Wildman–Crippen LogP) is 4.18. The van der Waals surface area contributed by atoms with Crippen molar-refractivity contribution in [2.75, 3.05) is 5.73 Å². The molecule has 3 heterocycles. The molecule has 0 bridgehead atoms. The Kier molecular flexibility index (Phi) is 2.05. The quantitative estimate of drug-likeness (QED) is 0.569. The van der Waals surface area contributed by atoms with E-state index in [1.165, 1.54) is 0 Å². The van der Waals surface area contributed by atoms with Gasteiger partial charge in [0.2, 0.25) is 5.88 Å². The molecule has 0 aliphatic carbocycles. The third kappa shape index (κ3) is 1.31. The molecule has 0 fully saturated rings. The second-order valence-electron chi connectivity index (χ2n) is 4.12. The lowest BCUT2D eigenvalue weighted by Gasteiger charge is -2.04. The van der Waals surface area contributed by atoms with Gasteiger partial charge in [0.15, 0.2) is 0 Å². The summed E-state index contributed by atoms with van der Waals surface area (Å²) in [5.41, 5.74) is 8.79. The zero-order chi connectivity index (χ0) is 13.0. The first kappa shape index (κ1) is 10.7. The van der Waals surface area contributed by atoms with Crippen LogP contribution in [0, 0.1) is 0 Å². The van der Waals surface area contributed by atoms with E-state index in [0.29, 0.717) is 5.56 Å². The molecule has 0 spiro atoms. The van der Waals surface area contributed by atoms with Crippen LogP contribution in [0.25, 0.3) is 33.1 Å². The fourth-order valence-corrected chi connectivity index (χ4v) is 2.92. The molecule has 1 aromatic carbocycles. The van der Waals surface area contributed by atoms with E-state index in [-0.39, 0.29) is 5.88 Å². The molecular formula is C13H7BrN2O3. The molecule has 5 nitrogen and oxygen atoms in total. The van der Waals surface area contributed by atoms with Crippen molar-refractivity contribution in [1.29, 1.82) is 0 Å². The second-order valence-corrected chi connectivity index (χ2v) is 4.91. The Morgan fingerprint density at radius 3 is 2.53 bits per heavy atom. The maximum atomic E-state index is 5.82. The molecule has 0 unspecified atom stereocenters. The lowest BCUT2D eigenvalue weighted by molar-refractivity contribution is 0.436. The van der Waals surface area contributed by atoms with Gasteiger partial charge in [0.1, 0.15) is 11.2 Å². The number of furan rings is 2. The van der Waals surface area contributed by atoms with Gasteiger partial charge in [-0.15, -0.1) is 0 Å². The highest BCUT2D eigenvalue weighted by Crippen LogP contribution is 2.43. The monoisotopic (exact) mass is 318 g/mol. The van der Waals surface area contributed by atoms with Gasteiger partial charge >= 0.3 is 0 Å². The molecule has 0 saturated heterocycles. The molecule has 0 radical (unpaired) electrons. The number of anilines is 1. The van der Waals surface area contributed by atoms with Crippen LogP contribution in [0.5, 0.6) is 0 Å². The molecule has 19 heavy (non-hydrogen) atoms. The number of nitrogen functional groups attached to an aromatic ring is 1. The van der Waals surface area contributed by atoms with E-state index < -0.39 is 0 Å². The van der Waals surface area contributed by atoms with Crippen molar-refractivity contribution in [2.24, 2.45) is 0 Å². The number of hydrogen-bond acceptors (Lipinski definition) is 5. The summed E-state index contributed by atoms with van der Waals surface area (Å²) in [4.78, 5) is 0. The average Bonchev–Trinajstić information content (AvgIpc) is 3.10. The number of aromatic nitrogens is 1. The van der Waals surface area contributed by atoms with E-state index in [4.69, 9.17) is 19.1 Å². The highest BCUT2D eigenvalue weighted by Gasteiger charge is 2.21. The lowest BCUT2D eigenvalue weighted by Crippen LogP contribution is -1.87. The predicted molar refractivity (Wildman–Crippen MR) is 73.6 cm³/mol. The Bertz CT molecular complexity index is 851. The van der Waals surface area contributed by atoms with Crippen LogP contribution in [0.4, 0.5) is 5.88 Å². The van der Waals surface area contributed by atoms with Gasteiger partial charge in [-0.05, 0) is 28.1 Å². The van der Waals surface area contributed by atoms with Gasteiger partial charge in [0.05, 0.1) is 28.8 Å². The molecule has 4 rings (SSSR count). The van der Waals surface area contributed by atoms with E-state index in [0.717, 1.165) is 32.0 Å². The molecule has 2 N–H and O–H groups in total. The summed E-state index contributed by atoms with van der Waals surface area (Å²) in [6, 6.07) is 3.73. The van der Waals surface area contributed by atoms with Crippen molar-refractivity contribution < 1.29 is 13.4 Å². The molecule has 0 atom stereocenters. The lowest BCUT2D eigenvalue weighted by atomic mass is 10.0. The molecule has 6 heteroatoms. The van der Waals surface area contributed by atoms with Gasteiger partial charge in [-0.25, -0.2) is 0 Å². The third-order valence-electron chi connectivity index (χ3n) is 3.13. The Morgan fingerprint density at radius 2 is 1.79 bits per heavy atom. The van der Waals surface area contributed by atoms with Crippen molar-refractivity contribution in [3.05, 3.63) is 35.3 Å². The van der Waals surface area contributed by atoms with Crippen LogP contribution in [0.1, 0.15) is 0 Å². The Hall–Kier alpha value is -2.21. The Balaban J connectivity index is 2.29. The van der Waals surface area contributed by atoms with Crippen LogP contribution >= 0.6 is 15.9 Å². The highest BCUT2D eigenvalue weighted by atomic mass is 79.9. The summed E-state index contributed by atoms with van der Waals surface area (Å²) in [6.45, 7) is 0. The van der Waals surface area contributed by atoms with Crippen LogP contribution in [-0.2, 0) is 0 Å². The van der Waals surface area contributed by atoms with Gasteiger partial charge in [-0.3, -0.25) is 0 Å². The van der Waals surface area contributed by atoms with Gasteiger partial charge in [-0.1, -0.05) is 5.16 Å². The molecule has 3 aromatic heterocycles. The summed E-state index contributed by atoms with van der Waals surface area (Å²) < 4.78 is 16.9. The molecule has 0 amide bonds. The fraction of sp³-hybridized carbons (Fsp3) is 0. The van der Waals surface area contributed by atoms with E-state index in [1.54, 1.807) is 18.7 Å². The Morgan fingerprint density at radius 1 is 1.05 bits per heavy atom. The van der Waals surface area contributed by atoms with E-state index in [1.807, 2.05) is 12.1 Å². The standard InChI is InChI=1S/C13H7BrN2O3/c14-10-7-2-4-17-11(7)9(6-1-3-18-12(6)10)8-5-16-19-13(8)15/h1-5H,15H2. The molecule has 0 aliphatic heterocycles. The van der Waals surface area contributed by atoms with E-state index in [2.05, 4.69) is 21.1 Å². The van der Waals surface area contributed by atoms with Gasteiger partial charge < -0.3 is 19.1 Å². The van der Waals surface area contributed by atoms with Gasteiger partial charge in [0.25, 0.3) is 0 Å². The molecular weight excluding hydrogens is 312 g/mol. The summed E-state index contributed by atoms with van der Waals surface area (Å²) in [6.07, 6.45) is 4.83. The summed E-state index contributed by atoms with van der Waals surface area (Å²) in [7, 11) is 0. The van der Waals surface area contributed by atoms with Gasteiger partial charge in [0, 0.05) is 16.3 Å². The Labute approximate surface area is 115 Å². The second kappa shape index (κ2) is 3.64. The molecule has 0 aliphatic rings. The fourth-order valence-electron chi connectivity index (χ4n) is 2.30. The van der Waals surface area contributed by atoms with E-state index >= 15 is 0 Å². The first-order valence-electron chi connectivity index (χ1n) is 5.53. The van der Waals surface area contributed by atoms with Crippen LogP contribution in [0.15, 0.2) is 48.7 Å². The van der Waals surface area contributed by atoms with Crippen LogP contribution < -0.4 is 5.73 Å². The summed E-state index contributed by atoms with van der Waals surface area (Å²) in [5, 5.41) is 5.53. The minimum absolute atomic E-state index is 0.252. The normalized spacial score (nSPS) is 11.6. The smallest absolute Gasteiger partial charge is 0.230 e. The molecule has 94 valence electrons. The van der Waals surface area contributed by atoms with Crippen molar-refractivity contribution in [2.45, 2.75) is 0 Å². The van der Waals surface area contributed by atoms with Crippen molar-refractivity contribution in [3.63, 3.8) is 0 Å². The minimum atomic E-state index is 0.252. The summed E-state index contributed by atoms with van der Waals surface area (Å²) in [5.74, 6) is 0.252. The van der Waals surface area contributed by atoms with E-state index in [9.17, 15) is 0 Å². The number of benzene rings is 1. The first-order valence-corrected chi connectivity index (χ1v) is 6.33. The van der Waals surface area contributed by atoms with Crippen LogP contribution in [0.3, 0.4) is 0 Å².